The molecule has 0 radical (unpaired) electrons. The molecule has 21 heavy (non-hydrogen) atoms. The molecule has 122 valence electrons. The third-order valence-electron chi connectivity index (χ3n) is 6.51. The molecule has 2 unspecified atom stereocenters. The predicted molar refractivity (Wildman–Crippen MR) is 85.2 cm³/mol. The van der Waals surface area contributed by atoms with Gasteiger partial charge in [-0.1, -0.05) is 20.8 Å². The van der Waals surface area contributed by atoms with E-state index in [4.69, 9.17) is 15.2 Å². The van der Waals surface area contributed by atoms with Crippen molar-refractivity contribution in [2.24, 2.45) is 23.0 Å². The lowest BCUT2D eigenvalue weighted by Crippen LogP contribution is -2.55. The fourth-order valence-electron chi connectivity index (χ4n) is 4.81. The predicted octanol–water partition coefficient (Wildman–Crippen LogP) is 3.51. The van der Waals surface area contributed by atoms with Crippen LogP contribution >= 0.6 is 0 Å². The maximum absolute atomic E-state index is 6.89. The first-order valence-electron chi connectivity index (χ1n) is 8.84. The van der Waals surface area contributed by atoms with Crippen molar-refractivity contribution in [1.29, 1.82) is 0 Å². The van der Waals surface area contributed by atoms with E-state index < -0.39 is 0 Å². The van der Waals surface area contributed by atoms with Gasteiger partial charge in [-0.3, -0.25) is 0 Å². The second-order valence-corrected chi connectivity index (χ2v) is 8.90. The molecule has 2 N–H and O–H groups in total. The Balaban J connectivity index is 1.63. The first-order valence-corrected chi connectivity index (χ1v) is 8.84. The van der Waals surface area contributed by atoms with Gasteiger partial charge in [0.1, 0.15) is 0 Å². The molecule has 3 nitrogen and oxygen atoms in total. The lowest BCUT2D eigenvalue weighted by atomic mass is 9.62. The minimum absolute atomic E-state index is 0.00381. The van der Waals surface area contributed by atoms with Crippen molar-refractivity contribution in [2.45, 2.75) is 76.9 Å². The van der Waals surface area contributed by atoms with Crippen LogP contribution in [0.25, 0.3) is 0 Å². The van der Waals surface area contributed by atoms with E-state index in [1.807, 2.05) is 0 Å². The van der Waals surface area contributed by atoms with Crippen LogP contribution in [0.2, 0.25) is 0 Å². The van der Waals surface area contributed by atoms with E-state index in [9.17, 15) is 0 Å². The average molecular weight is 295 g/mol. The molecule has 3 heteroatoms. The summed E-state index contributed by atoms with van der Waals surface area (Å²) in [5.41, 5.74) is 7.36. The van der Waals surface area contributed by atoms with E-state index in [0.717, 1.165) is 45.0 Å². The molecule has 3 aliphatic rings. The van der Waals surface area contributed by atoms with Crippen LogP contribution in [0.1, 0.15) is 65.7 Å². The minimum atomic E-state index is -0.00381. The van der Waals surface area contributed by atoms with Crippen molar-refractivity contribution in [3.8, 4) is 0 Å². The molecule has 0 aromatic rings. The largest absolute Gasteiger partial charge is 0.378 e. The van der Waals surface area contributed by atoms with Crippen LogP contribution in [0.5, 0.6) is 0 Å². The summed E-state index contributed by atoms with van der Waals surface area (Å²) in [6.45, 7) is 9.64. The van der Waals surface area contributed by atoms with Gasteiger partial charge in [-0.25, -0.2) is 0 Å². The molecular weight excluding hydrogens is 262 g/mol. The maximum atomic E-state index is 6.89. The topological polar surface area (TPSA) is 44.5 Å². The Morgan fingerprint density at radius 1 is 1.00 bits per heavy atom. The number of nitrogens with two attached hydrogens (primary N) is 1. The Hall–Kier alpha value is -0.120. The lowest BCUT2D eigenvalue weighted by Gasteiger charge is -2.50. The summed E-state index contributed by atoms with van der Waals surface area (Å²) in [5.74, 6) is 1.45. The van der Waals surface area contributed by atoms with Crippen LogP contribution in [0.3, 0.4) is 0 Å². The molecule has 1 aliphatic carbocycles. The minimum Gasteiger partial charge on any atom is -0.378 e. The molecule has 2 saturated heterocycles. The molecule has 2 atom stereocenters. The zero-order valence-corrected chi connectivity index (χ0v) is 14.1. The molecule has 3 fully saturated rings. The van der Waals surface area contributed by atoms with Crippen LogP contribution in [0.15, 0.2) is 0 Å². The fraction of sp³-hybridized carbons (Fsp3) is 1.00. The van der Waals surface area contributed by atoms with Gasteiger partial charge in [0.05, 0.1) is 12.2 Å². The van der Waals surface area contributed by atoms with Gasteiger partial charge in [0, 0.05) is 25.2 Å². The highest BCUT2D eigenvalue weighted by atomic mass is 16.6. The summed E-state index contributed by atoms with van der Waals surface area (Å²) in [7, 11) is 0. The van der Waals surface area contributed by atoms with Gasteiger partial charge in [-0.05, 0) is 55.8 Å². The quantitative estimate of drug-likeness (QED) is 0.805. The Morgan fingerprint density at radius 2 is 1.71 bits per heavy atom. The molecule has 0 aromatic heterocycles. The number of hydrogen-bond acceptors (Lipinski definition) is 3. The molecule has 0 aromatic carbocycles. The maximum Gasteiger partial charge on any atom is 0.0940 e. The van der Waals surface area contributed by atoms with Crippen molar-refractivity contribution >= 4 is 0 Å². The van der Waals surface area contributed by atoms with Crippen molar-refractivity contribution in [3.63, 3.8) is 0 Å². The third kappa shape index (κ3) is 3.16. The van der Waals surface area contributed by atoms with Gasteiger partial charge in [-0.15, -0.1) is 0 Å². The van der Waals surface area contributed by atoms with Gasteiger partial charge in [0.2, 0.25) is 0 Å². The van der Waals surface area contributed by atoms with Crippen LogP contribution in [0, 0.1) is 17.3 Å². The van der Waals surface area contributed by atoms with Gasteiger partial charge in [0.15, 0.2) is 0 Å². The van der Waals surface area contributed by atoms with Crippen molar-refractivity contribution in [2.75, 3.05) is 19.8 Å². The third-order valence-corrected chi connectivity index (χ3v) is 6.51. The average Bonchev–Trinajstić information content (AvgIpc) is 2.86. The fourth-order valence-corrected chi connectivity index (χ4v) is 4.81. The first-order chi connectivity index (χ1) is 9.83. The SMILES string of the molecule is CC(C)(C)C1CCC(N)(C2CCOC3(CCOC3)C2)CC1. The Kier molecular flexibility index (Phi) is 4.13. The molecule has 1 saturated carbocycles. The van der Waals surface area contributed by atoms with E-state index in [0.29, 0.717) is 11.3 Å². The zero-order valence-electron chi connectivity index (χ0n) is 14.1. The second-order valence-electron chi connectivity index (χ2n) is 8.90. The van der Waals surface area contributed by atoms with E-state index >= 15 is 0 Å². The Labute approximate surface area is 129 Å². The van der Waals surface area contributed by atoms with E-state index in [1.54, 1.807) is 0 Å². The van der Waals surface area contributed by atoms with Crippen molar-refractivity contribution < 1.29 is 9.47 Å². The monoisotopic (exact) mass is 295 g/mol. The smallest absolute Gasteiger partial charge is 0.0940 e. The summed E-state index contributed by atoms with van der Waals surface area (Å²) in [4.78, 5) is 0. The molecule has 1 spiro atoms. The molecular formula is C18H33NO2. The molecule has 0 amide bonds. The summed E-state index contributed by atoms with van der Waals surface area (Å²) in [6, 6.07) is 0. The Bertz CT molecular complexity index is 360. The van der Waals surface area contributed by atoms with Gasteiger partial charge in [-0.2, -0.15) is 0 Å². The second kappa shape index (κ2) is 5.50. The van der Waals surface area contributed by atoms with Crippen LogP contribution in [-0.4, -0.2) is 31.0 Å². The van der Waals surface area contributed by atoms with Crippen molar-refractivity contribution in [1.82, 2.24) is 0 Å². The van der Waals surface area contributed by atoms with Gasteiger partial charge >= 0.3 is 0 Å². The summed E-state index contributed by atoms with van der Waals surface area (Å²) in [5, 5.41) is 0. The summed E-state index contributed by atoms with van der Waals surface area (Å²) < 4.78 is 11.7. The standard InChI is InChI=1S/C18H33NO2/c1-16(2,3)14-4-7-18(19,8-5-14)15-6-10-21-17(12-15)9-11-20-13-17/h14-15H,4-13,19H2,1-3H3. The molecule has 2 aliphatic heterocycles. The van der Waals surface area contributed by atoms with Crippen LogP contribution < -0.4 is 5.73 Å². The number of hydrogen-bond donors (Lipinski definition) is 1. The summed E-state index contributed by atoms with van der Waals surface area (Å²) in [6.07, 6.45) is 8.28. The van der Waals surface area contributed by atoms with E-state index in [1.165, 1.54) is 25.7 Å². The lowest BCUT2D eigenvalue weighted by molar-refractivity contribution is -0.114. The number of ether oxygens (including phenoxy) is 2. The van der Waals surface area contributed by atoms with Gasteiger partial charge in [0.25, 0.3) is 0 Å². The highest BCUT2D eigenvalue weighted by molar-refractivity contribution is 5.02. The summed E-state index contributed by atoms with van der Waals surface area (Å²) >= 11 is 0. The van der Waals surface area contributed by atoms with Crippen molar-refractivity contribution in [3.05, 3.63) is 0 Å². The highest BCUT2D eigenvalue weighted by Gasteiger charge is 2.48. The van der Waals surface area contributed by atoms with E-state index in [2.05, 4.69) is 20.8 Å². The molecule has 3 rings (SSSR count). The first kappa shape index (κ1) is 15.8. The van der Waals surface area contributed by atoms with E-state index in [-0.39, 0.29) is 11.1 Å². The van der Waals surface area contributed by atoms with Gasteiger partial charge < -0.3 is 15.2 Å². The normalized spacial score (nSPS) is 45.1. The molecule has 2 heterocycles. The molecule has 0 bridgehead atoms. The zero-order chi connectivity index (χ0) is 15.1. The number of rotatable bonds is 1. The highest BCUT2D eigenvalue weighted by Crippen LogP contribution is 2.47. The van der Waals surface area contributed by atoms with Crippen LogP contribution in [0.4, 0.5) is 0 Å². The van der Waals surface area contributed by atoms with Crippen LogP contribution in [-0.2, 0) is 9.47 Å². The Morgan fingerprint density at radius 3 is 2.29 bits per heavy atom.